The Morgan fingerprint density at radius 2 is 1.95 bits per heavy atom. The molecule has 1 amide bonds. The van der Waals surface area contributed by atoms with Gasteiger partial charge < -0.3 is 9.73 Å². The van der Waals surface area contributed by atoms with Crippen molar-refractivity contribution in [3.8, 4) is 0 Å². The molecule has 19 heavy (non-hydrogen) atoms. The molecule has 1 heterocycles. The van der Waals surface area contributed by atoms with Crippen LogP contribution in [0.15, 0.2) is 34.7 Å². The van der Waals surface area contributed by atoms with Crippen molar-refractivity contribution in [1.82, 2.24) is 5.32 Å². The van der Waals surface area contributed by atoms with E-state index in [-0.39, 0.29) is 5.91 Å². The summed E-state index contributed by atoms with van der Waals surface area (Å²) in [5.74, 6) is 0.279. The average molecular weight is 259 g/mol. The number of amides is 1. The van der Waals surface area contributed by atoms with E-state index >= 15 is 0 Å². The number of hydrogen-bond acceptors (Lipinski definition) is 2. The fourth-order valence-corrected chi connectivity index (χ4v) is 2.11. The van der Waals surface area contributed by atoms with Crippen molar-refractivity contribution in [3.05, 3.63) is 36.1 Å². The van der Waals surface area contributed by atoms with E-state index in [9.17, 15) is 4.79 Å². The summed E-state index contributed by atoms with van der Waals surface area (Å²) in [5.41, 5.74) is 0.760. The van der Waals surface area contributed by atoms with Gasteiger partial charge in [-0.25, -0.2) is 0 Å². The van der Waals surface area contributed by atoms with Gasteiger partial charge in [-0.05, 0) is 18.6 Å². The van der Waals surface area contributed by atoms with Gasteiger partial charge in [-0.3, -0.25) is 4.79 Å². The molecule has 0 fully saturated rings. The van der Waals surface area contributed by atoms with Crippen LogP contribution in [-0.2, 0) is 0 Å². The minimum absolute atomic E-state index is 0.119. The van der Waals surface area contributed by atoms with Crippen LogP contribution in [0.25, 0.3) is 11.0 Å². The minimum Gasteiger partial charge on any atom is -0.451 e. The molecule has 0 aliphatic rings. The second kappa shape index (κ2) is 6.98. The average Bonchev–Trinajstić information content (AvgIpc) is 2.86. The van der Waals surface area contributed by atoms with Gasteiger partial charge in [0.2, 0.25) is 0 Å². The van der Waals surface area contributed by atoms with Crippen LogP contribution < -0.4 is 5.32 Å². The van der Waals surface area contributed by atoms with E-state index < -0.39 is 0 Å². The molecule has 0 radical (unpaired) electrons. The number of fused-ring (bicyclic) bond motifs is 1. The number of nitrogens with one attached hydrogen (secondary N) is 1. The number of unbranched alkanes of at least 4 members (excludes halogenated alkanes) is 4. The van der Waals surface area contributed by atoms with E-state index in [4.69, 9.17) is 4.42 Å². The molecule has 2 aromatic rings. The molecule has 1 N–H and O–H groups in total. The van der Waals surface area contributed by atoms with E-state index in [1.807, 2.05) is 24.3 Å². The fraction of sp³-hybridized carbons (Fsp3) is 0.438. The van der Waals surface area contributed by atoms with Crippen molar-refractivity contribution in [2.75, 3.05) is 6.54 Å². The highest BCUT2D eigenvalue weighted by atomic mass is 16.3. The SMILES string of the molecule is CCCCCCCNC(=O)c1cc2ccccc2o1. The van der Waals surface area contributed by atoms with Crippen molar-refractivity contribution >= 4 is 16.9 Å². The van der Waals surface area contributed by atoms with Gasteiger partial charge in [0, 0.05) is 11.9 Å². The second-order valence-corrected chi connectivity index (χ2v) is 4.82. The van der Waals surface area contributed by atoms with Gasteiger partial charge in [-0.2, -0.15) is 0 Å². The van der Waals surface area contributed by atoms with Crippen LogP contribution in [0.2, 0.25) is 0 Å². The molecule has 0 saturated carbocycles. The molecule has 0 spiro atoms. The molecule has 1 aromatic carbocycles. The summed E-state index contributed by atoms with van der Waals surface area (Å²) in [6, 6.07) is 9.45. The van der Waals surface area contributed by atoms with Gasteiger partial charge in [-0.1, -0.05) is 50.8 Å². The standard InChI is InChI=1S/C16H21NO2/c1-2-3-4-5-8-11-17-16(18)15-12-13-9-6-7-10-14(13)19-15/h6-7,9-10,12H,2-5,8,11H2,1H3,(H,17,18). The highest BCUT2D eigenvalue weighted by Crippen LogP contribution is 2.18. The first-order valence-corrected chi connectivity index (χ1v) is 7.08. The molecular formula is C16H21NO2. The van der Waals surface area contributed by atoms with Crippen LogP contribution in [0.3, 0.4) is 0 Å². The molecule has 0 unspecified atom stereocenters. The van der Waals surface area contributed by atoms with E-state index in [0.29, 0.717) is 5.76 Å². The molecule has 102 valence electrons. The number of rotatable bonds is 7. The summed E-state index contributed by atoms with van der Waals surface area (Å²) in [7, 11) is 0. The molecule has 0 aliphatic heterocycles. The summed E-state index contributed by atoms with van der Waals surface area (Å²) in [4.78, 5) is 11.9. The van der Waals surface area contributed by atoms with Gasteiger partial charge in [0.1, 0.15) is 5.58 Å². The molecular weight excluding hydrogens is 238 g/mol. The van der Waals surface area contributed by atoms with E-state index in [0.717, 1.165) is 23.9 Å². The minimum atomic E-state index is -0.119. The third-order valence-electron chi connectivity index (χ3n) is 3.22. The highest BCUT2D eigenvalue weighted by molar-refractivity contribution is 5.95. The summed E-state index contributed by atoms with van der Waals surface area (Å²) >= 11 is 0. The van der Waals surface area contributed by atoms with Crippen LogP contribution in [0.1, 0.15) is 49.6 Å². The van der Waals surface area contributed by atoms with Crippen LogP contribution >= 0.6 is 0 Å². The third-order valence-corrected chi connectivity index (χ3v) is 3.22. The third kappa shape index (κ3) is 3.85. The van der Waals surface area contributed by atoms with Gasteiger partial charge in [0.05, 0.1) is 0 Å². The second-order valence-electron chi connectivity index (χ2n) is 4.82. The number of carbonyl (C=O) groups is 1. The normalized spacial score (nSPS) is 10.8. The Labute approximate surface area is 114 Å². The van der Waals surface area contributed by atoms with E-state index in [1.165, 1.54) is 25.7 Å². The summed E-state index contributed by atoms with van der Waals surface area (Å²) in [6.45, 7) is 2.92. The lowest BCUT2D eigenvalue weighted by molar-refractivity contribution is 0.0927. The maximum Gasteiger partial charge on any atom is 0.287 e. The Morgan fingerprint density at radius 3 is 2.74 bits per heavy atom. The zero-order chi connectivity index (χ0) is 13.5. The Morgan fingerprint density at radius 1 is 1.16 bits per heavy atom. The number of carbonyl (C=O) groups excluding carboxylic acids is 1. The Hall–Kier alpha value is -1.77. The number of furan rings is 1. The van der Waals surface area contributed by atoms with Crippen molar-refractivity contribution < 1.29 is 9.21 Å². The Balaban J connectivity index is 1.79. The number of para-hydroxylation sites is 1. The van der Waals surface area contributed by atoms with Gasteiger partial charge >= 0.3 is 0 Å². The molecule has 0 saturated heterocycles. The lowest BCUT2D eigenvalue weighted by Gasteiger charge is -2.02. The van der Waals surface area contributed by atoms with E-state index in [2.05, 4.69) is 12.2 Å². The molecule has 1 aromatic heterocycles. The van der Waals surface area contributed by atoms with Crippen molar-refractivity contribution in [3.63, 3.8) is 0 Å². The first-order chi connectivity index (χ1) is 9.31. The van der Waals surface area contributed by atoms with Gasteiger partial charge in [0.15, 0.2) is 5.76 Å². The zero-order valence-electron chi connectivity index (χ0n) is 11.4. The summed E-state index contributed by atoms with van der Waals surface area (Å²) in [6.07, 6.45) is 5.97. The predicted octanol–water partition coefficient (Wildman–Crippen LogP) is 4.13. The Kier molecular flexibility index (Phi) is 5.01. The first-order valence-electron chi connectivity index (χ1n) is 7.08. The lowest BCUT2D eigenvalue weighted by Crippen LogP contribution is -2.23. The monoisotopic (exact) mass is 259 g/mol. The van der Waals surface area contributed by atoms with Crippen molar-refractivity contribution in [2.24, 2.45) is 0 Å². The predicted molar refractivity (Wildman–Crippen MR) is 77.3 cm³/mol. The first kappa shape index (κ1) is 13.7. The van der Waals surface area contributed by atoms with Gasteiger partial charge in [-0.15, -0.1) is 0 Å². The molecule has 0 aliphatic carbocycles. The van der Waals surface area contributed by atoms with Crippen molar-refractivity contribution in [2.45, 2.75) is 39.0 Å². The summed E-state index contributed by atoms with van der Waals surface area (Å²) < 4.78 is 5.51. The number of benzene rings is 1. The molecule has 0 bridgehead atoms. The maximum atomic E-state index is 11.9. The smallest absolute Gasteiger partial charge is 0.287 e. The van der Waals surface area contributed by atoms with E-state index in [1.54, 1.807) is 6.07 Å². The van der Waals surface area contributed by atoms with Crippen LogP contribution in [0.4, 0.5) is 0 Å². The zero-order valence-corrected chi connectivity index (χ0v) is 11.4. The molecule has 0 atom stereocenters. The van der Waals surface area contributed by atoms with Crippen LogP contribution in [0.5, 0.6) is 0 Å². The van der Waals surface area contributed by atoms with Gasteiger partial charge in [0.25, 0.3) is 5.91 Å². The summed E-state index contributed by atoms with van der Waals surface area (Å²) in [5, 5.41) is 3.87. The maximum absolute atomic E-state index is 11.9. The van der Waals surface area contributed by atoms with Crippen LogP contribution in [0, 0.1) is 0 Å². The Bertz CT molecular complexity index is 497. The quantitative estimate of drug-likeness (QED) is 0.759. The number of hydrogen-bond donors (Lipinski definition) is 1. The van der Waals surface area contributed by atoms with Crippen molar-refractivity contribution in [1.29, 1.82) is 0 Å². The molecule has 2 rings (SSSR count). The highest BCUT2D eigenvalue weighted by Gasteiger charge is 2.10. The largest absolute Gasteiger partial charge is 0.451 e. The molecule has 3 heteroatoms. The topological polar surface area (TPSA) is 42.2 Å². The fourth-order valence-electron chi connectivity index (χ4n) is 2.11. The lowest BCUT2D eigenvalue weighted by atomic mass is 10.1. The van der Waals surface area contributed by atoms with Crippen LogP contribution in [-0.4, -0.2) is 12.5 Å². The molecule has 3 nitrogen and oxygen atoms in total.